The molecule has 0 aliphatic rings. The summed E-state index contributed by atoms with van der Waals surface area (Å²) in [7, 11) is 1.88. The number of hydrogen-bond acceptors (Lipinski definition) is 3. The van der Waals surface area contributed by atoms with Gasteiger partial charge in [0.25, 0.3) is 0 Å². The number of thiophene rings is 1. The van der Waals surface area contributed by atoms with Crippen molar-refractivity contribution < 1.29 is 9.18 Å². The SMILES string of the molecule is C[C@@H](C(=O)Nc1ccc(F)cc1Cl)N(C)Cc1ccc(Br)s1. The number of halogens is 3. The molecule has 118 valence electrons. The minimum absolute atomic E-state index is 0.186. The van der Waals surface area contributed by atoms with Gasteiger partial charge in [-0.1, -0.05) is 11.6 Å². The fourth-order valence-corrected chi connectivity index (χ4v) is 3.61. The lowest BCUT2D eigenvalue weighted by atomic mass is 10.2. The van der Waals surface area contributed by atoms with Crippen molar-refractivity contribution in [2.45, 2.75) is 19.5 Å². The molecular weight excluding hydrogens is 391 g/mol. The molecule has 0 spiro atoms. The van der Waals surface area contributed by atoms with E-state index in [0.717, 1.165) is 8.66 Å². The molecule has 0 unspecified atom stereocenters. The van der Waals surface area contributed by atoms with Gasteiger partial charge in [-0.05, 0) is 60.2 Å². The maximum Gasteiger partial charge on any atom is 0.241 e. The van der Waals surface area contributed by atoms with Gasteiger partial charge in [0.2, 0.25) is 5.91 Å². The Morgan fingerprint density at radius 3 is 2.77 bits per heavy atom. The second kappa shape index (κ2) is 7.55. The van der Waals surface area contributed by atoms with E-state index in [4.69, 9.17) is 11.6 Å². The van der Waals surface area contributed by atoms with Crippen LogP contribution in [0.1, 0.15) is 11.8 Å². The number of nitrogens with zero attached hydrogens (tertiary/aromatic N) is 1. The van der Waals surface area contributed by atoms with Crippen LogP contribution in [-0.2, 0) is 11.3 Å². The van der Waals surface area contributed by atoms with E-state index in [-0.39, 0.29) is 17.0 Å². The molecule has 0 saturated heterocycles. The number of carbonyl (C=O) groups excluding carboxylic acids is 1. The minimum Gasteiger partial charge on any atom is -0.323 e. The lowest BCUT2D eigenvalue weighted by molar-refractivity contribution is -0.120. The number of nitrogens with one attached hydrogen (secondary N) is 1. The van der Waals surface area contributed by atoms with E-state index in [9.17, 15) is 9.18 Å². The first-order chi connectivity index (χ1) is 10.4. The van der Waals surface area contributed by atoms with E-state index in [0.29, 0.717) is 12.2 Å². The molecule has 1 N–H and O–H groups in total. The quantitative estimate of drug-likeness (QED) is 0.777. The monoisotopic (exact) mass is 404 g/mol. The fourth-order valence-electron chi connectivity index (χ4n) is 1.85. The zero-order chi connectivity index (χ0) is 16.3. The molecule has 1 aromatic heterocycles. The van der Waals surface area contributed by atoms with Crippen LogP contribution in [0.15, 0.2) is 34.1 Å². The summed E-state index contributed by atoms with van der Waals surface area (Å²) in [6.45, 7) is 2.48. The number of likely N-dealkylation sites (N-methyl/N-ethyl adjacent to an activating group) is 1. The van der Waals surface area contributed by atoms with Crippen LogP contribution in [0, 0.1) is 5.82 Å². The average molecular weight is 406 g/mol. The van der Waals surface area contributed by atoms with Crippen molar-refractivity contribution in [3.63, 3.8) is 0 Å². The Bertz CT molecular complexity index is 679. The maximum absolute atomic E-state index is 13.0. The van der Waals surface area contributed by atoms with Crippen LogP contribution >= 0.6 is 38.9 Å². The largest absolute Gasteiger partial charge is 0.323 e. The normalized spacial score (nSPS) is 12.5. The van der Waals surface area contributed by atoms with Gasteiger partial charge in [-0.15, -0.1) is 11.3 Å². The summed E-state index contributed by atoms with van der Waals surface area (Å²) in [4.78, 5) is 15.4. The van der Waals surface area contributed by atoms with Gasteiger partial charge in [-0.3, -0.25) is 9.69 Å². The third kappa shape index (κ3) is 4.52. The van der Waals surface area contributed by atoms with Gasteiger partial charge in [0, 0.05) is 11.4 Å². The minimum atomic E-state index is -0.434. The molecule has 3 nitrogen and oxygen atoms in total. The van der Waals surface area contributed by atoms with Crippen molar-refractivity contribution in [2.75, 3.05) is 12.4 Å². The van der Waals surface area contributed by atoms with Gasteiger partial charge >= 0.3 is 0 Å². The van der Waals surface area contributed by atoms with Gasteiger partial charge in [0.1, 0.15) is 5.82 Å². The van der Waals surface area contributed by atoms with Gasteiger partial charge in [0.05, 0.1) is 20.5 Å². The number of amides is 1. The third-order valence-corrected chi connectivity index (χ3v) is 5.18. The van der Waals surface area contributed by atoms with E-state index >= 15 is 0 Å². The number of hydrogen-bond donors (Lipinski definition) is 1. The molecule has 22 heavy (non-hydrogen) atoms. The number of carbonyl (C=O) groups is 1. The number of benzene rings is 1. The molecule has 2 aromatic rings. The molecule has 1 amide bonds. The molecule has 0 aliphatic carbocycles. The molecular formula is C15H15BrClFN2OS. The van der Waals surface area contributed by atoms with Gasteiger partial charge in [-0.25, -0.2) is 4.39 Å². The molecule has 0 radical (unpaired) electrons. The Morgan fingerprint density at radius 1 is 1.45 bits per heavy atom. The Hall–Kier alpha value is -0.950. The molecule has 0 aliphatic heterocycles. The van der Waals surface area contributed by atoms with Gasteiger partial charge in [0.15, 0.2) is 0 Å². The summed E-state index contributed by atoms with van der Waals surface area (Å²) in [6, 6.07) is 7.55. The first-order valence-corrected chi connectivity index (χ1v) is 8.56. The molecule has 0 saturated carbocycles. The highest BCUT2D eigenvalue weighted by Crippen LogP contribution is 2.25. The molecule has 1 atom stereocenters. The van der Waals surface area contributed by atoms with Crippen molar-refractivity contribution in [3.8, 4) is 0 Å². The molecule has 0 bridgehead atoms. The second-order valence-electron chi connectivity index (χ2n) is 4.91. The van der Waals surface area contributed by atoms with E-state index in [1.165, 1.54) is 18.2 Å². The van der Waals surface area contributed by atoms with Gasteiger partial charge in [-0.2, -0.15) is 0 Å². The van der Waals surface area contributed by atoms with Crippen molar-refractivity contribution in [3.05, 3.63) is 49.8 Å². The summed E-state index contributed by atoms with van der Waals surface area (Å²) in [5.41, 5.74) is 0.409. The van der Waals surface area contributed by atoms with Crippen LogP contribution in [0.2, 0.25) is 5.02 Å². The summed E-state index contributed by atoms with van der Waals surface area (Å²) >= 11 is 11.0. The van der Waals surface area contributed by atoms with Crippen LogP contribution in [0.5, 0.6) is 0 Å². The standard InChI is InChI=1S/C15H15BrClFN2OS/c1-9(20(2)8-11-4-6-14(16)22-11)15(21)19-13-5-3-10(18)7-12(13)17/h3-7,9H,8H2,1-2H3,(H,19,21)/t9-/m0/s1. The smallest absolute Gasteiger partial charge is 0.241 e. The Balaban J connectivity index is 1.98. The molecule has 1 heterocycles. The summed E-state index contributed by atoms with van der Waals surface area (Å²) in [5.74, 6) is -0.622. The first kappa shape index (κ1) is 17.4. The van der Waals surface area contributed by atoms with E-state index in [2.05, 4.69) is 21.2 Å². The maximum atomic E-state index is 13.0. The average Bonchev–Trinajstić information content (AvgIpc) is 2.86. The van der Waals surface area contributed by atoms with Crippen LogP contribution in [0.4, 0.5) is 10.1 Å². The topological polar surface area (TPSA) is 32.3 Å². The molecule has 7 heteroatoms. The molecule has 0 fully saturated rings. The highest BCUT2D eigenvalue weighted by molar-refractivity contribution is 9.11. The van der Waals surface area contributed by atoms with E-state index in [1.54, 1.807) is 11.3 Å². The predicted octanol–water partition coefficient (Wildman–Crippen LogP) is 4.76. The number of rotatable bonds is 5. The first-order valence-electron chi connectivity index (χ1n) is 6.57. The van der Waals surface area contributed by atoms with Crippen molar-refractivity contribution in [1.29, 1.82) is 0 Å². The van der Waals surface area contributed by atoms with Crippen LogP contribution in [0.3, 0.4) is 0 Å². The van der Waals surface area contributed by atoms with E-state index in [1.807, 2.05) is 31.0 Å². The summed E-state index contributed by atoms with van der Waals surface area (Å²) in [5, 5.41) is 2.91. The predicted molar refractivity (Wildman–Crippen MR) is 93.0 cm³/mol. The fraction of sp³-hybridized carbons (Fsp3) is 0.267. The second-order valence-corrected chi connectivity index (χ2v) is 7.87. The van der Waals surface area contributed by atoms with E-state index < -0.39 is 5.82 Å². The highest BCUT2D eigenvalue weighted by Gasteiger charge is 2.19. The lowest BCUT2D eigenvalue weighted by Gasteiger charge is -2.23. The molecule has 1 aromatic carbocycles. The zero-order valence-corrected chi connectivity index (χ0v) is 15.2. The summed E-state index contributed by atoms with van der Waals surface area (Å²) in [6.07, 6.45) is 0. The Kier molecular flexibility index (Phi) is 5.97. The van der Waals surface area contributed by atoms with Crippen molar-refractivity contribution in [1.82, 2.24) is 4.90 Å². The summed E-state index contributed by atoms with van der Waals surface area (Å²) < 4.78 is 14.1. The van der Waals surface area contributed by atoms with Crippen molar-refractivity contribution in [2.24, 2.45) is 0 Å². The Morgan fingerprint density at radius 2 is 2.18 bits per heavy atom. The number of anilines is 1. The van der Waals surface area contributed by atoms with Crippen LogP contribution in [-0.4, -0.2) is 23.9 Å². The van der Waals surface area contributed by atoms with Crippen LogP contribution < -0.4 is 5.32 Å². The zero-order valence-electron chi connectivity index (χ0n) is 12.1. The van der Waals surface area contributed by atoms with Crippen LogP contribution in [0.25, 0.3) is 0 Å². The van der Waals surface area contributed by atoms with Gasteiger partial charge < -0.3 is 5.32 Å². The third-order valence-electron chi connectivity index (χ3n) is 3.26. The lowest BCUT2D eigenvalue weighted by Crippen LogP contribution is -2.39. The van der Waals surface area contributed by atoms with Crippen molar-refractivity contribution >= 4 is 50.5 Å². The Labute approximate surface area is 146 Å². The molecule has 2 rings (SSSR count). The highest BCUT2D eigenvalue weighted by atomic mass is 79.9.